The van der Waals surface area contributed by atoms with Crippen LogP contribution in [0.3, 0.4) is 0 Å². The van der Waals surface area contributed by atoms with Gasteiger partial charge in [-0.3, -0.25) is 0 Å². The van der Waals surface area contributed by atoms with Gasteiger partial charge >= 0.3 is 0 Å². The summed E-state index contributed by atoms with van der Waals surface area (Å²) in [6.45, 7) is 0. The lowest BCUT2D eigenvalue weighted by atomic mass is 10.3. The zero-order valence-corrected chi connectivity index (χ0v) is 9.56. The van der Waals surface area contributed by atoms with Gasteiger partial charge in [-0.15, -0.1) is 0 Å². The van der Waals surface area contributed by atoms with E-state index in [0.29, 0.717) is 27.4 Å². The fraction of sp³-hybridized carbons (Fsp3) is 0. The lowest BCUT2D eigenvalue weighted by Gasteiger charge is -1.87. The van der Waals surface area contributed by atoms with Gasteiger partial charge in [0.25, 0.3) is 5.89 Å². The molecule has 0 aliphatic carbocycles. The van der Waals surface area contributed by atoms with E-state index < -0.39 is 0 Å². The van der Waals surface area contributed by atoms with E-state index in [1.807, 2.05) is 0 Å². The van der Waals surface area contributed by atoms with Crippen LogP contribution in [0, 0.1) is 0 Å². The third-order valence-corrected chi connectivity index (χ3v) is 2.58. The van der Waals surface area contributed by atoms with Gasteiger partial charge in [0, 0.05) is 6.07 Å². The highest BCUT2D eigenvalue weighted by molar-refractivity contribution is 9.10. The predicted molar refractivity (Wildman–Crippen MR) is 61.1 cm³/mol. The molecule has 2 heterocycles. The number of phenols is 1. The molecule has 5 heteroatoms. The Morgan fingerprint density at radius 2 is 2.00 bits per heavy atom. The van der Waals surface area contributed by atoms with E-state index in [0.717, 1.165) is 0 Å². The van der Waals surface area contributed by atoms with Gasteiger partial charge in [-0.05, 0) is 40.2 Å². The van der Waals surface area contributed by atoms with Crippen molar-refractivity contribution in [1.82, 2.24) is 4.98 Å². The second-order valence-corrected chi connectivity index (χ2v) is 4.06. The van der Waals surface area contributed by atoms with Gasteiger partial charge in [0.15, 0.2) is 16.0 Å². The number of rotatable bonds is 1. The van der Waals surface area contributed by atoms with Crippen molar-refractivity contribution in [3.63, 3.8) is 0 Å². The third kappa shape index (κ3) is 1.49. The van der Waals surface area contributed by atoms with E-state index in [1.54, 1.807) is 24.3 Å². The lowest BCUT2D eigenvalue weighted by molar-refractivity contribution is 0.474. The van der Waals surface area contributed by atoms with Crippen molar-refractivity contribution in [1.29, 1.82) is 0 Å². The summed E-state index contributed by atoms with van der Waals surface area (Å²) in [4.78, 5) is 4.25. The van der Waals surface area contributed by atoms with E-state index in [1.165, 1.54) is 6.07 Å². The molecule has 1 N–H and O–H groups in total. The molecular weight excluding hydrogens is 274 g/mol. The maximum absolute atomic E-state index is 9.30. The minimum atomic E-state index is 0.149. The number of hydrogen-bond donors (Lipinski definition) is 1. The molecule has 0 saturated heterocycles. The first-order valence-corrected chi connectivity index (χ1v) is 5.37. The average molecular weight is 280 g/mol. The molecule has 1 aromatic carbocycles. The topological polar surface area (TPSA) is 59.4 Å². The minimum absolute atomic E-state index is 0.149. The summed E-state index contributed by atoms with van der Waals surface area (Å²) in [5, 5.41) is 9.30. The molecule has 0 aliphatic heterocycles. The van der Waals surface area contributed by atoms with Gasteiger partial charge in [-0.25, -0.2) is 4.98 Å². The molecule has 0 atom stereocenters. The van der Waals surface area contributed by atoms with Crippen LogP contribution in [0.5, 0.6) is 5.75 Å². The Labute approximate surface area is 98.6 Å². The molecule has 0 fully saturated rings. The Bertz CT molecular complexity index is 656. The van der Waals surface area contributed by atoms with Gasteiger partial charge < -0.3 is 13.9 Å². The number of furan rings is 1. The molecule has 0 saturated carbocycles. The number of phenolic OH excluding ortho intramolecular Hbond substituents is 1. The van der Waals surface area contributed by atoms with E-state index >= 15 is 0 Å². The van der Waals surface area contributed by atoms with Crippen molar-refractivity contribution in [2.75, 3.05) is 0 Å². The first-order chi connectivity index (χ1) is 7.72. The zero-order chi connectivity index (χ0) is 11.1. The first kappa shape index (κ1) is 9.47. The second kappa shape index (κ2) is 3.38. The number of fused-ring (bicyclic) bond motifs is 1. The van der Waals surface area contributed by atoms with Gasteiger partial charge in [-0.2, -0.15) is 0 Å². The number of aromatic hydroxyl groups is 1. The van der Waals surface area contributed by atoms with E-state index in [2.05, 4.69) is 20.9 Å². The Balaban J connectivity index is 2.18. The van der Waals surface area contributed by atoms with E-state index in [4.69, 9.17) is 8.83 Å². The standard InChI is InChI=1S/C11H6BrNO3/c12-10-4-3-8(15-10)11-13-7-2-1-6(14)5-9(7)16-11/h1-5,14H. The normalized spacial score (nSPS) is 11.1. The fourth-order valence-electron chi connectivity index (χ4n) is 1.45. The van der Waals surface area contributed by atoms with Crippen LogP contribution in [0.2, 0.25) is 0 Å². The van der Waals surface area contributed by atoms with Crippen LogP contribution in [-0.4, -0.2) is 10.1 Å². The van der Waals surface area contributed by atoms with Crippen LogP contribution in [0.4, 0.5) is 0 Å². The smallest absolute Gasteiger partial charge is 0.263 e. The maximum Gasteiger partial charge on any atom is 0.263 e. The van der Waals surface area contributed by atoms with Crippen LogP contribution < -0.4 is 0 Å². The number of halogens is 1. The monoisotopic (exact) mass is 279 g/mol. The molecule has 0 unspecified atom stereocenters. The number of aromatic nitrogens is 1. The largest absolute Gasteiger partial charge is 0.508 e. The Morgan fingerprint density at radius 3 is 2.75 bits per heavy atom. The van der Waals surface area contributed by atoms with Crippen molar-refractivity contribution in [2.45, 2.75) is 0 Å². The minimum Gasteiger partial charge on any atom is -0.508 e. The first-order valence-electron chi connectivity index (χ1n) is 4.58. The molecule has 0 spiro atoms. The van der Waals surface area contributed by atoms with Crippen LogP contribution in [-0.2, 0) is 0 Å². The number of nitrogens with zero attached hydrogens (tertiary/aromatic N) is 1. The maximum atomic E-state index is 9.30. The van der Waals surface area contributed by atoms with E-state index in [-0.39, 0.29) is 5.75 Å². The molecule has 0 amide bonds. The molecule has 0 aliphatic rings. The summed E-state index contributed by atoms with van der Waals surface area (Å²) < 4.78 is 11.4. The van der Waals surface area contributed by atoms with Crippen LogP contribution in [0.25, 0.3) is 22.8 Å². The Kier molecular flexibility index (Phi) is 2.00. The third-order valence-electron chi connectivity index (χ3n) is 2.16. The molecule has 4 nitrogen and oxygen atoms in total. The lowest BCUT2D eigenvalue weighted by Crippen LogP contribution is -1.70. The molecule has 2 aromatic heterocycles. The molecular formula is C11H6BrNO3. The van der Waals surface area contributed by atoms with Crippen LogP contribution in [0.1, 0.15) is 0 Å². The second-order valence-electron chi connectivity index (χ2n) is 3.27. The quantitative estimate of drug-likeness (QED) is 0.740. The van der Waals surface area contributed by atoms with Gasteiger partial charge in [0.2, 0.25) is 0 Å². The van der Waals surface area contributed by atoms with Crippen molar-refractivity contribution in [2.24, 2.45) is 0 Å². The number of hydrogen-bond acceptors (Lipinski definition) is 4. The number of oxazole rings is 1. The number of benzene rings is 1. The molecule has 0 bridgehead atoms. The van der Waals surface area contributed by atoms with E-state index in [9.17, 15) is 5.11 Å². The Morgan fingerprint density at radius 1 is 1.12 bits per heavy atom. The van der Waals surface area contributed by atoms with Crippen LogP contribution >= 0.6 is 15.9 Å². The van der Waals surface area contributed by atoms with Crippen molar-refractivity contribution in [3.8, 4) is 17.4 Å². The molecule has 16 heavy (non-hydrogen) atoms. The molecule has 3 aromatic rings. The highest BCUT2D eigenvalue weighted by Gasteiger charge is 2.11. The van der Waals surface area contributed by atoms with Gasteiger partial charge in [0.1, 0.15) is 11.3 Å². The SMILES string of the molecule is Oc1ccc2nc(-c3ccc(Br)o3)oc2c1. The predicted octanol–water partition coefficient (Wildman–Crippen LogP) is 3.56. The van der Waals surface area contributed by atoms with Crippen molar-refractivity contribution in [3.05, 3.63) is 35.0 Å². The highest BCUT2D eigenvalue weighted by atomic mass is 79.9. The summed E-state index contributed by atoms with van der Waals surface area (Å²) in [5.41, 5.74) is 1.21. The van der Waals surface area contributed by atoms with Crippen LogP contribution in [0.15, 0.2) is 43.8 Å². The summed E-state index contributed by atoms with van der Waals surface area (Å²) in [7, 11) is 0. The molecule has 80 valence electrons. The summed E-state index contributed by atoms with van der Waals surface area (Å²) in [6, 6.07) is 8.29. The fourth-order valence-corrected chi connectivity index (χ4v) is 1.75. The Hall–Kier alpha value is -1.75. The zero-order valence-electron chi connectivity index (χ0n) is 7.98. The van der Waals surface area contributed by atoms with Gasteiger partial charge in [-0.1, -0.05) is 0 Å². The average Bonchev–Trinajstić information content (AvgIpc) is 2.83. The summed E-state index contributed by atoms with van der Waals surface area (Å²) >= 11 is 3.21. The van der Waals surface area contributed by atoms with Gasteiger partial charge in [0.05, 0.1) is 0 Å². The molecule has 0 radical (unpaired) electrons. The van der Waals surface area contributed by atoms with Crippen molar-refractivity contribution >= 4 is 27.0 Å². The molecule has 3 rings (SSSR count). The van der Waals surface area contributed by atoms with Crippen molar-refractivity contribution < 1.29 is 13.9 Å². The summed E-state index contributed by atoms with van der Waals surface area (Å²) in [5.74, 6) is 1.09. The summed E-state index contributed by atoms with van der Waals surface area (Å²) in [6.07, 6.45) is 0. The highest BCUT2D eigenvalue weighted by Crippen LogP contribution is 2.28.